The van der Waals surface area contributed by atoms with E-state index in [-0.39, 0.29) is 44.9 Å². The van der Waals surface area contributed by atoms with Crippen molar-refractivity contribution in [2.24, 2.45) is 0 Å². The summed E-state index contributed by atoms with van der Waals surface area (Å²) in [6.07, 6.45) is 0.682. The van der Waals surface area contributed by atoms with Gasteiger partial charge in [-0.3, -0.25) is 9.59 Å². The zero-order valence-corrected chi connectivity index (χ0v) is 35.4. The number of aryl methyl sites for hydroxylation is 3. The van der Waals surface area contributed by atoms with Crippen LogP contribution in [0.3, 0.4) is 0 Å². The number of ether oxygens (including phenoxy) is 1. The van der Waals surface area contributed by atoms with Gasteiger partial charge in [0.25, 0.3) is 5.17 Å². The van der Waals surface area contributed by atoms with Gasteiger partial charge in [0.2, 0.25) is 0 Å². The maximum absolute atomic E-state index is 12.0. The number of benzene rings is 7. The SMILES string of the molecule is Cc1cc2c(C(C)C)c(O)c(O)c(C=O)c2c(O)c1-c1c(C)cc2c(C(C)C)c(O)c(O)c(C=O)c2c1O.Cc1cccc(N(C)C(=S)Oc2ccc3ccccc3c2)c1. The number of aromatic hydroxyl groups is 6. The van der Waals surface area contributed by atoms with Gasteiger partial charge in [-0.2, -0.15) is 0 Å². The van der Waals surface area contributed by atoms with E-state index in [4.69, 9.17) is 17.0 Å². The number of hydrogen-bond acceptors (Lipinski definition) is 10. The van der Waals surface area contributed by atoms with E-state index in [1.807, 2.05) is 54.4 Å². The van der Waals surface area contributed by atoms with Crippen molar-refractivity contribution in [2.75, 3.05) is 11.9 Å². The van der Waals surface area contributed by atoms with Crippen molar-refractivity contribution in [3.8, 4) is 51.4 Å². The molecule has 0 unspecified atom stereocenters. The van der Waals surface area contributed by atoms with Crippen LogP contribution in [-0.4, -0.2) is 55.4 Å². The van der Waals surface area contributed by atoms with Crippen LogP contribution in [0.25, 0.3) is 43.4 Å². The molecule has 0 heterocycles. The Hall–Kier alpha value is -6.85. The highest BCUT2D eigenvalue weighted by Gasteiger charge is 2.30. The molecule has 0 aliphatic heterocycles. The second kappa shape index (κ2) is 16.8. The largest absolute Gasteiger partial charge is 0.507 e. The first kappa shape index (κ1) is 42.7. The van der Waals surface area contributed by atoms with Crippen molar-refractivity contribution >= 4 is 68.0 Å². The predicted molar refractivity (Wildman–Crippen MR) is 242 cm³/mol. The predicted octanol–water partition coefficient (Wildman–Crippen LogP) is 11.3. The van der Waals surface area contributed by atoms with Gasteiger partial charge in [-0.05, 0) is 107 Å². The molecule has 7 aromatic rings. The third kappa shape index (κ3) is 7.48. The molecule has 6 N–H and O–H groups in total. The number of thiocarbonyl (C=S) groups is 1. The average Bonchev–Trinajstić information content (AvgIpc) is 3.20. The van der Waals surface area contributed by atoms with Gasteiger partial charge in [0.15, 0.2) is 35.6 Å². The Balaban J connectivity index is 0.000000232. The first-order chi connectivity index (χ1) is 28.4. The summed E-state index contributed by atoms with van der Waals surface area (Å²) in [6.45, 7) is 12.6. The number of hydrogen-bond donors (Lipinski definition) is 6. The fourth-order valence-corrected chi connectivity index (χ4v) is 8.15. The quantitative estimate of drug-likeness (QED) is 0.0514. The molecule has 0 saturated heterocycles. The number of phenols is 6. The lowest BCUT2D eigenvalue weighted by molar-refractivity contribution is 0.111. The molecule has 11 heteroatoms. The molecule has 0 fully saturated rings. The van der Waals surface area contributed by atoms with Crippen LogP contribution in [0.4, 0.5) is 5.69 Å². The Labute approximate surface area is 353 Å². The second-order valence-electron chi connectivity index (χ2n) is 15.5. The Morgan fingerprint density at radius 1 is 0.600 bits per heavy atom. The number of fused-ring (bicyclic) bond motifs is 3. The third-order valence-corrected chi connectivity index (χ3v) is 11.2. The van der Waals surface area contributed by atoms with Crippen molar-refractivity contribution in [1.29, 1.82) is 0 Å². The van der Waals surface area contributed by atoms with Gasteiger partial charge in [0.1, 0.15) is 17.2 Å². The number of rotatable bonds is 7. The van der Waals surface area contributed by atoms with Crippen molar-refractivity contribution in [3.05, 3.63) is 118 Å². The lowest BCUT2D eigenvalue weighted by Crippen LogP contribution is -2.29. The second-order valence-corrected chi connectivity index (χ2v) is 15.9. The van der Waals surface area contributed by atoms with Crippen molar-refractivity contribution in [2.45, 2.75) is 60.3 Å². The van der Waals surface area contributed by atoms with Gasteiger partial charge in [-0.25, -0.2) is 0 Å². The normalized spacial score (nSPS) is 11.2. The summed E-state index contributed by atoms with van der Waals surface area (Å²) >= 11 is 5.41. The summed E-state index contributed by atoms with van der Waals surface area (Å²) in [6, 6.07) is 25.7. The summed E-state index contributed by atoms with van der Waals surface area (Å²) in [5.41, 5.74) is 3.54. The van der Waals surface area contributed by atoms with Gasteiger partial charge < -0.3 is 40.3 Å². The van der Waals surface area contributed by atoms with Crippen LogP contribution in [0.1, 0.15) is 88.1 Å². The topological polar surface area (TPSA) is 168 Å². The van der Waals surface area contributed by atoms with Crippen molar-refractivity contribution in [3.63, 3.8) is 0 Å². The van der Waals surface area contributed by atoms with Crippen LogP contribution < -0.4 is 9.64 Å². The van der Waals surface area contributed by atoms with Crippen LogP contribution >= 0.6 is 12.2 Å². The van der Waals surface area contributed by atoms with Gasteiger partial charge in [0, 0.05) is 45.8 Å². The summed E-state index contributed by atoms with van der Waals surface area (Å²) < 4.78 is 5.84. The summed E-state index contributed by atoms with van der Waals surface area (Å²) in [5, 5.41) is 69.1. The minimum atomic E-state index is -0.661. The molecular formula is C49H47NO9S. The zero-order chi connectivity index (χ0) is 43.9. The first-order valence-corrected chi connectivity index (χ1v) is 19.7. The van der Waals surface area contributed by atoms with E-state index in [0.717, 1.165) is 16.8 Å². The van der Waals surface area contributed by atoms with E-state index in [1.54, 1.807) is 53.7 Å². The van der Waals surface area contributed by atoms with Gasteiger partial charge in [0.05, 0.1) is 11.1 Å². The number of carbonyl (C=O) groups is 2. The molecule has 7 rings (SSSR count). The molecular weight excluding hydrogens is 779 g/mol. The number of phenolic OH excluding ortho intramolecular Hbond substituents is 6. The van der Waals surface area contributed by atoms with Gasteiger partial charge >= 0.3 is 0 Å². The van der Waals surface area contributed by atoms with Crippen LogP contribution in [-0.2, 0) is 0 Å². The Bertz CT molecular complexity index is 2760. The molecule has 60 heavy (non-hydrogen) atoms. The van der Waals surface area contributed by atoms with E-state index in [1.165, 1.54) is 10.9 Å². The third-order valence-electron chi connectivity index (χ3n) is 10.8. The number of aldehydes is 2. The van der Waals surface area contributed by atoms with E-state index >= 15 is 0 Å². The molecule has 0 atom stereocenters. The summed E-state index contributed by atoms with van der Waals surface area (Å²) in [4.78, 5) is 25.9. The highest BCUT2D eigenvalue weighted by Crippen LogP contribution is 2.54. The fraction of sp³-hybridized carbons (Fsp3) is 0.204. The molecule has 0 aliphatic carbocycles. The molecule has 0 radical (unpaired) electrons. The monoisotopic (exact) mass is 825 g/mol. The van der Waals surface area contributed by atoms with Crippen molar-refractivity contribution in [1.82, 2.24) is 0 Å². The summed E-state index contributed by atoms with van der Waals surface area (Å²) in [5.74, 6) is -2.82. The molecule has 308 valence electrons. The summed E-state index contributed by atoms with van der Waals surface area (Å²) in [7, 11) is 1.91. The van der Waals surface area contributed by atoms with E-state index in [2.05, 4.69) is 31.2 Å². The zero-order valence-electron chi connectivity index (χ0n) is 34.6. The average molecular weight is 826 g/mol. The number of anilines is 1. The smallest absolute Gasteiger partial charge is 0.269 e. The van der Waals surface area contributed by atoms with Crippen molar-refractivity contribution < 1.29 is 45.0 Å². The molecule has 0 spiro atoms. The lowest BCUT2D eigenvalue weighted by atomic mass is 9.83. The van der Waals surface area contributed by atoms with Gasteiger partial charge in [-0.1, -0.05) is 82.3 Å². The highest BCUT2D eigenvalue weighted by molar-refractivity contribution is 7.80. The van der Waals surface area contributed by atoms with Crippen LogP contribution in [0, 0.1) is 20.8 Å². The molecule has 0 saturated carbocycles. The Morgan fingerprint density at radius 3 is 1.53 bits per heavy atom. The number of nitrogens with zero attached hydrogens (tertiary/aromatic N) is 1. The maximum atomic E-state index is 12.0. The molecule has 0 aromatic heterocycles. The number of carbonyl (C=O) groups excluding carboxylic acids is 2. The Morgan fingerprint density at radius 2 is 1.08 bits per heavy atom. The standard InChI is InChI=1S/C30H30O8.C19H17NOS/c1-11(2)19-15-7-13(5)21(27(35)23(15)17(9-31)25(33)29(19)37)22-14(6)8-16-20(12(3)4)30(38)26(34)18(10-32)24(16)28(22)36;1-14-6-5-9-17(12-14)20(2)19(22)21-18-11-10-15-7-3-4-8-16(15)13-18/h7-12,33-38H,1-6H3;3-13H,1-2H3. The fourth-order valence-electron chi connectivity index (χ4n) is 7.94. The molecule has 10 nitrogen and oxygen atoms in total. The van der Waals surface area contributed by atoms with E-state index in [0.29, 0.717) is 50.8 Å². The highest BCUT2D eigenvalue weighted by atomic mass is 32.1. The first-order valence-electron chi connectivity index (χ1n) is 19.3. The van der Waals surface area contributed by atoms with E-state index < -0.39 is 34.5 Å². The minimum absolute atomic E-state index is 0.00512. The van der Waals surface area contributed by atoms with Crippen LogP contribution in [0.5, 0.6) is 40.2 Å². The maximum Gasteiger partial charge on any atom is 0.269 e. The van der Waals surface area contributed by atoms with Gasteiger partial charge in [-0.15, -0.1) is 0 Å². The van der Waals surface area contributed by atoms with E-state index in [9.17, 15) is 40.2 Å². The lowest BCUT2D eigenvalue weighted by Gasteiger charge is -2.23. The molecule has 0 amide bonds. The van der Waals surface area contributed by atoms with Crippen LogP contribution in [0.15, 0.2) is 78.9 Å². The molecule has 0 bridgehead atoms. The Kier molecular flexibility index (Phi) is 12.0. The molecule has 7 aromatic carbocycles. The molecule has 0 aliphatic rings. The minimum Gasteiger partial charge on any atom is -0.507 e. The van der Waals surface area contributed by atoms with Crippen LogP contribution in [0.2, 0.25) is 0 Å².